The van der Waals surface area contributed by atoms with E-state index in [2.05, 4.69) is 10.1 Å². The maximum Gasteiger partial charge on any atom is 0.253 e. The van der Waals surface area contributed by atoms with E-state index in [0.717, 1.165) is 6.42 Å². The molecule has 1 unspecified atom stereocenters. The molecule has 0 spiro atoms. The van der Waals surface area contributed by atoms with Gasteiger partial charge in [-0.1, -0.05) is 11.2 Å². The van der Waals surface area contributed by atoms with Gasteiger partial charge in [0.15, 0.2) is 5.82 Å². The highest BCUT2D eigenvalue weighted by Crippen LogP contribution is 2.36. The van der Waals surface area contributed by atoms with Gasteiger partial charge < -0.3 is 9.26 Å². The van der Waals surface area contributed by atoms with Gasteiger partial charge in [-0.05, 0) is 24.3 Å². The van der Waals surface area contributed by atoms with Crippen LogP contribution in [0.25, 0.3) is 0 Å². The van der Waals surface area contributed by atoms with Gasteiger partial charge in [-0.2, -0.15) is 9.29 Å². The summed E-state index contributed by atoms with van der Waals surface area (Å²) in [6.45, 7) is 0.709. The summed E-state index contributed by atoms with van der Waals surface area (Å²) in [7, 11) is -1.96. The van der Waals surface area contributed by atoms with Crippen molar-refractivity contribution in [2.24, 2.45) is 0 Å². The lowest BCUT2D eigenvalue weighted by Gasteiger charge is -2.20. The highest BCUT2D eigenvalue weighted by Gasteiger charge is 2.39. The van der Waals surface area contributed by atoms with Crippen molar-refractivity contribution in [2.45, 2.75) is 29.7 Å². The molecule has 1 aliphatic rings. The summed E-state index contributed by atoms with van der Waals surface area (Å²) in [5.74, 6) is 0.757. The Kier molecular flexibility index (Phi) is 4.07. The molecule has 1 aliphatic heterocycles. The molecule has 0 saturated carbocycles. The molecule has 0 aliphatic carbocycles. The van der Waals surface area contributed by atoms with Crippen LogP contribution in [0.2, 0.25) is 0 Å². The lowest BCUT2D eigenvalue weighted by Crippen LogP contribution is -2.30. The Hall–Kier alpha value is -1.29. The van der Waals surface area contributed by atoms with Crippen LogP contribution < -0.4 is 0 Å². The minimum absolute atomic E-state index is 0.244. The zero-order chi connectivity index (χ0) is 14.9. The van der Waals surface area contributed by atoms with Gasteiger partial charge in [-0.25, -0.2) is 8.42 Å². The van der Waals surface area contributed by atoms with Gasteiger partial charge in [-0.3, -0.25) is 0 Å². The number of aromatic nitrogens is 2. The second kappa shape index (κ2) is 5.84. The SMILES string of the molecule is COCc1noc(C2CCCN2S(=O)(=O)c2cccs2)n1. The van der Waals surface area contributed by atoms with Crippen molar-refractivity contribution in [3.63, 3.8) is 0 Å². The van der Waals surface area contributed by atoms with Gasteiger partial charge in [0.1, 0.15) is 16.9 Å². The largest absolute Gasteiger partial charge is 0.377 e. The first-order valence-electron chi connectivity index (χ1n) is 6.49. The van der Waals surface area contributed by atoms with Crippen molar-refractivity contribution < 1.29 is 17.7 Å². The lowest BCUT2D eigenvalue weighted by molar-refractivity contribution is 0.174. The quantitative estimate of drug-likeness (QED) is 0.831. The van der Waals surface area contributed by atoms with Crippen LogP contribution in [0.1, 0.15) is 30.6 Å². The number of methoxy groups -OCH3 is 1. The Balaban J connectivity index is 1.88. The molecular formula is C12H15N3O4S2. The molecule has 0 bridgehead atoms. The summed E-state index contributed by atoms with van der Waals surface area (Å²) in [6.07, 6.45) is 1.45. The smallest absolute Gasteiger partial charge is 0.253 e. The van der Waals surface area contributed by atoms with Crippen LogP contribution in [0.4, 0.5) is 0 Å². The van der Waals surface area contributed by atoms with Gasteiger partial charge in [0, 0.05) is 13.7 Å². The number of ether oxygens (including phenoxy) is 1. The number of rotatable bonds is 5. The monoisotopic (exact) mass is 329 g/mol. The fourth-order valence-corrected chi connectivity index (χ4v) is 5.16. The topological polar surface area (TPSA) is 85.5 Å². The van der Waals surface area contributed by atoms with E-state index in [0.29, 0.717) is 28.9 Å². The molecule has 2 aromatic rings. The van der Waals surface area contributed by atoms with Gasteiger partial charge in [0.2, 0.25) is 5.89 Å². The molecular weight excluding hydrogens is 314 g/mol. The van der Waals surface area contributed by atoms with Crippen LogP contribution in [-0.4, -0.2) is 36.5 Å². The van der Waals surface area contributed by atoms with Crippen molar-refractivity contribution in [3.8, 4) is 0 Å². The van der Waals surface area contributed by atoms with Crippen molar-refractivity contribution in [1.29, 1.82) is 0 Å². The minimum atomic E-state index is -3.50. The second-order valence-electron chi connectivity index (χ2n) is 4.69. The minimum Gasteiger partial charge on any atom is -0.377 e. The van der Waals surface area contributed by atoms with Crippen LogP contribution in [0, 0.1) is 0 Å². The molecule has 0 amide bonds. The molecule has 21 heavy (non-hydrogen) atoms. The van der Waals surface area contributed by atoms with E-state index < -0.39 is 16.1 Å². The third kappa shape index (κ3) is 2.73. The predicted molar refractivity (Wildman–Crippen MR) is 75.2 cm³/mol. The summed E-state index contributed by atoms with van der Waals surface area (Å²) < 4.78 is 37.2. The molecule has 0 aromatic carbocycles. The van der Waals surface area contributed by atoms with Crippen molar-refractivity contribution >= 4 is 21.4 Å². The molecule has 1 saturated heterocycles. The summed E-state index contributed by atoms with van der Waals surface area (Å²) >= 11 is 1.21. The molecule has 7 nitrogen and oxygen atoms in total. The Morgan fingerprint density at radius 2 is 2.43 bits per heavy atom. The lowest BCUT2D eigenvalue weighted by atomic mass is 10.2. The molecule has 2 aromatic heterocycles. The molecule has 9 heteroatoms. The maximum absolute atomic E-state index is 12.6. The fourth-order valence-electron chi connectivity index (χ4n) is 2.39. The first-order valence-corrected chi connectivity index (χ1v) is 8.81. The van der Waals surface area contributed by atoms with Crippen molar-refractivity contribution in [3.05, 3.63) is 29.2 Å². The average molecular weight is 329 g/mol. The van der Waals surface area contributed by atoms with Crippen LogP contribution in [0.3, 0.4) is 0 Å². The van der Waals surface area contributed by atoms with Crippen LogP contribution >= 0.6 is 11.3 Å². The van der Waals surface area contributed by atoms with Gasteiger partial charge in [0.05, 0.1) is 0 Å². The molecule has 3 heterocycles. The van der Waals surface area contributed by atoms with Gasteiger partial charge in [0.25, 0.3) is 10.0 Å². The van der Waals surface area contributed by atoms with E-state index in [1.807, 2.05) is 0 Å². The van der Waals surface area contributed by atoms with E-state index >= 15 is 0 Å². The molecule has 1 fully saturated rings. The normalized spacial score (nSPS) is 20.1. The Morgan fingerprint density at radius 1 is 1.57 bits per heavy atom. The molecule has 0 N–H and O–H groups in total. The summed E-state index contributed by atoms with van der Waals surface area (Å²) in [4.78, 5) is 4.22. The Labute approximate surface area is 126 Å². The predicted octanol–water partition coefficient (Wildman–Crippen LogP) is 1.80. The highest BCUT2D eigenvalue weighted by atomic mass is 32.2. The summed E-state index contributed by atoms with van der Waals surface area (Å²) in [5, 5.41) is 5.55. The Bertz CT molecular complexity index is 696. The molecule has 114 valence electrons. The second-order valence-corrected chi connectivity index (χ2v) is 7.75. The third-order valence-corrected chi connectivity index (χ3v) is 6.59. The van der Waals surface area contributed by atoms with E-state index in [-0.39, 0.29) is 6.61 Å². The van der Waals surface area contributed by atoms with Gasteiger partial charge >= 0.3 is 0 Å². The fraction of sp³-hybridized carbons (Fsp3) is 0.500. The van der Waals surface area contributed by atoms with Crippen molar-refractivity contribution in [2.75, 3.05) is 13.7 Å². The van der Waals surface area contributed by atoms with Crippen LogP contribution in [0.5, 0.6) is 0 Å². The van der Waals surface area contributed by atoms with E-state index in [4.69, 9.17) is 9.26 Å². The number of thiophene rings is 1. The van der Waals surface area contributed by atoms with E-state index in [1.165, 1.54) is 15.6 Å². The number of hydrogen-bond acceptors (Lipinski definition) is 7. The van der Waals surface area contributed by atoms with Crippen molar-refractivity contribution in [1.82, 2.24) is 14.4 Å². The number of nitrogens with zero attached hydrogens (tertiary/aromatic N) is 3. The maximum atomic E-state index is 12.6. The van der Waals surface area contributed by atoms with Gasteiger partial charge in [-0.15, -0.1) is 11.3 Å². The highest BCUT2D eigenvalue weighted by molar-refractivity contribution is 7.91. The Morgan fingerprint density at radius 3 is 3.14 bits per heavy atom. The molecule has 3 rings (SSSR count). The van der Waals surface area contributed by atoms with Crippen LogP contribution in [-0.2, 0) is 21.4 Å². The number of hydrogen-bond donors (Lipinski definition) is 0. The summed E-state index contributed by atoms with van der Waals surface area (Å²) in [6, 6.07) is 2.95. The molecule has 1 atom stereocenters. The van der Waals surface area contributed by atoms with E-state index in [1.54, 1.807) is 24.6 Å². The standard InChI is InChI=1S/C12H15N3O4S2/c1-18-8-10-13-12(19-14-10)9-4-2-6-15(9)21(16,17)11-5-3-7-20-11/h3,5,7,9H,2,4,6,8H2,1H3. The molecule has 0 radical (unpaired) electrons. The first kappa shape index (κ1) is 14.6. The third-order valence-electron chi connectivity index (χ3n) is 3.30. The number of sulfonamides is 1. The zero-order valence-corrected chi connectivity index (χ0v) is 13.1. The van der Waals surface area contributed by atoms with E-state index in [9.17, 15) is 8.42 Å². The first-order chi connectivity index (χ1) is 10.1. The zero-order valence-electron chi connectivity index (χ0n) is 11.4. The van der Waals surface area contributed by atoms with Crippen LogP contribution in [0.15, 0.2) is 26.2 Å². The average Bonchev–Trinajstić information content (AvgIpc) is 3.20. The summed E-state index contributed by atoms with van der Waals surface area (Å²) in [5.41, 5.74) is 0.